The number of benzene rings is 1. The zero-order valence-corrected chi connectivity index (χ0v) is 8.48. The van der Waals surface area contributed by atoms with Crippen LogP contribution in [0.15, 0.2) is 29.4 Å². The fourth-order valence-electron chi connectivity index (χ4n) is 1.18. The summed E-state index contributed by atoms with van der Waals surface area (Å²) in [4.78, 5) is 0. The lowest BCUT2D eigenvalue weighted by molar-refractivity contribution is -0.274. The molecule has 0 fully saturated rings. The van der Waals surface area contributed by atoms with Crippen LogP contribution < -0.4 is 16.2 Å². The monoisotopic (exact) mass is 249 g/mol. The predicted octanol–water partition coefficient (Wildman–Crippen LogP) is 1.33. The van der Waals surface area contributed by atoms with Gasteiger partial charge in [-0.05, 0) is 6.07 Å². The second-order valence-electron chi connectivity index (χ2n) is 3.09. The SMILES string of the molecule is N/C(=N\O)C(N)c1ccccc1OC(F)(F)F. The first-order valence-corrected chi connectivity index (χ1v) is 4.43. The Morgan fingerprint density at radius 3 is 2.47 bits per heavy atom. The molecule has 1 aromatic carbocycles. The number of nitrogens with two attached hydrogens (primary N) is 2. The summed E-state index contributed by atoms with van der Waals surface area (Å²) in [6.45, 7) is 0. The summed E-state index contributed by atoms with van der Waals surface area (Å²) in [5.41, 5.74) is 10.7. The largest absolute Gasteiger partial charge is 0.573 e. The number of oxime groups is 1. The summed E-state index contributed by atoms with van der Waals surface area (Å²) < 4.78 is 40.1. The van der Waals surface area contributed by atoms with E-state index in [2.05, 4.69) is 9.89 Å². The standard InChI is InChI=1S/C9H10F3N3O2/c10-9(11,12)17-6-4-2-1-3-5(6)7(13)8(14)15-16/h1-4,7,16H,13H2,(H2,14,15). The lowest BCUT2D eigenvalue weighted by atomic mass is 10.1. The normalized spacial score (nSPS) is 14.5. The highest BCUT2D eigenvalue weighted by Gasteiger charge is 2.32. The molecule has 0 heterocycles. The molecule has 1 aromatic rings. The van der Waals surface area contributed by atoms with E-state index in [0.717, 1.165) is 6.07 Å². The Morgan fingerprint density at radius 2 is 1.94 bits per heavy atom. The van der Waals surface area contributed by atoms with Crippen molar-refractivity contribution < 1.29 is 23.1 Å². The first-order chi connectivity index (χ1) is 7.85. The lowest BCUT2D eigenvalue weighted by Gasteiger charge is -2.16. The highest BCUT2D eigenvalue weighted by atomic mass is 19.4. The van der Waals surface area contributed by atoms with Gasteiger partial charge in [-0.2, -0.15) is 0 Å². The van der Waals surface area contributed by atoms with Gasteiger partial charge < -0.3 is 21.4 Å². The summed E-state index contributed by atoms with van der Waals surface area (Å²) in [5, 5.41) is 11.0. The van der Waals surface area contributed by atoms with E-state index in [4.69, 9.17) is 16.7 Å². The number of halogens is 3. The number of alkyl halides is 3. The average molecular weight is 249 g/mol. The van der Waals surface area contributed by atoms with E-state index in [0.29, 0.717) is 0 Å². The zero-order valence-electron chi connectivity index (χ0n) is 8.48. The van der Waals surface area contributed by atoms with Gasteiger partial charge in [-0.1, -0.05) is 23.4 Å². The Labute approximate surface area is 94.5 Å². The number of hydrogen-bond acceptors (Lipinski definition) is 4. The Hall–Kier alpha value is -1.96. The van der Waals surface area contributed by atoms with Crippen LogP contribution in [0.1, 0.15) is 11.6 Å². The quantitative estimate of drug-likeness (QED) is 0.326. The van der Waals surface area contributed by atoms with Crippen molar-refractivity contribution in [2.45, 2.75) is 12.4 Å². The van der Waals surface area contributed by atoms with Crippen LogP contribution in [0.5, 0.6) is 5.75 Å². The fraction of sp³-hybridized carbons (Fsp3) is 0.222. The average Bonchev–Trinajstić information content (AvgIpc) is 2.25. The van der Waals surface area contributed by atoms with Gasteiger partial charge in [0, 0.05) is 5.56 Å². The van der Waals surface area contributed by atoms with E-state index in [9.17, 15) is 13.2 Å². The number of rotatable bonds is 3. The van der Waals surface area contributed by atoms with Crippen LogP contribution >= 0.6 is 0 Å². The van der Waals surface area contributed by atoms with Gasteiger partial charge in [0.05, 0.1) is 6.04 Å². The highest BCUT2D eigenvalue weighted by molar-refractivity contribution is 5.86. The zero-order chi connectivity index (χ0) is 13.1. The Morgan fingerprint density at radius 1 is 1.35 bits per heavy atom. The van der Waals surface area contributed by atoms with Crippen molar-refractivity contribution in [3.63, 3.8) is 0 Å². The number of amidine groups is 1. The molecule has 0 amide bonds. The summed E-state index contributed by atoms with van der Waals surface area (Å²) in [7, 11) is 0. The minimum absolute atomic E-state index is 0.0277. The minimum atomic E-state index is -4.83. The molecule has 5 nitrogen and oxygen atoms in total. The number of nitrogens with zero attached hydrogens (tertiary/aromatic N) is 1. The molecule has 0 radical (unpaired) electrons. The third kappa shape index (κ3) is 3.52. The van der Waals surface area contributed by atoms with Gasteiger partial charge in [0.2, 0.25) is 0 Å². The van der Waals surface area contributed by atoms with Crippen molar-refractivity contribution >= 4 is 5.84 Å². The molecule has 0 spiro atoms. The molecule has 94 valence electrons. The van der Waals surface area contributed by atoms with Gasteiger partial charge in [0.25, 0.3) is 0 Å². The molecule has 0 saturated carbocycles. The molecule has 17 heavy (non-hydrogen) atoms. The summed E-state index contributed by atoms with van der Waals surface area (Å²) >= 11 is 0. The van der Waals surface area contributed by atoms with E-state index >= 15 is 0 Å². The third-order valence-electron chi connectivity index (χ3n) is 1.91. The Bertz CT molecular complexity index is 420. The summed E-state index contributed by atoms with van der Waals surface area (Å²) in [6.07, 6.45) is -4.83. The number of para-hydroxylation sites is 1. The van der Waals surface area contributed by atoms with Crippen molar-refractivity contribution in [3.8, 4) is 5.75 Å². The van der Waals surface area contributed by atoms with Crippen molar-refractivity contribution in [1.82, 2.24) is 0 Å². The lowest BCUT2D eigenvalue weighted by Crippen LogP contribution is -2.30. The molecule has 0 aliphatic carbocycles. The second-order valence-corrected chi connectivity index (χ2v) is 3.09. The maximum Gasteiger partial charge on any atom is 0.573 e. The molecular weight excluding hydrogens is 239 g/mol. The van der Waals surface area contributed by atoms with Crippen molar-refractivity contribution in [2.24, 2.45) is 16.6 Å². The molecule has 0 aromatic heterocycles. The molecule has 0 saturated heterocycles. The highest BCUT2D eigenvalue weighted by Crippen LogP contribution is 2.29. The van der Waals surface area contributed by atoms with Gasteiger partial charge in [-0.25, -0.2) is 0 Å². The summed E-state index contributed by atoms with van der Waals surface area (Å²) in [5.74, 6) is -0.901. The van der Waals surface area contributed by atoms with Gasteiger partial charge in [-0.15, -0.1) is 13.2 Å². The van der Waals surface area contributed by atoms with Crippen molar-refractivity contribution in [3.05, 3.63) is 29.8 Å². The molecule has 1 atom stereocenters. The number of hydrogen-bond donors (Lipinski definition) is 3. The molecule has 5 N–H and O–H groups in total. The minimum Gasteiger partial charge on any atom is -0.409 e. The van der Waals surface area contributed by atoms with Gasteiger partial charge >= 0.3 is 6.36 Å². The topological polar surface area (TPSA) is 93.9 Å². The Kier molecular flexibility index (Phi) is 3.79. The van der Waals surface area contributed by atoms with E-state index in [1.54, 1.807) is 0 Å². The van der Waals surface area contributed by atoms with Crippen molar-refractivity contribution in [1.29, 1.82) is 0 Å². The molecule has 1 rings (SSSR count). The van der Waals surface area contributed by atoms with Crippen LogP contribution in [-0.2, 0) is 0 Å². The van der Waals surface area contributed by atoms with Crippen molar-refractivity contribution in [2.75, 3.05) is 0 Å². The van der Waals surface area contributed by atoms with E-state index in [1.807, 2.05) is 0 Å². The smallest absolute Gasteiger partial charge is 0.409 e. The molecule has 1 unspecified atom stereocenters. The molecule has 0 bridgehead atoms. The fourth-order valence-corrected chi connectivity index (χ4v) is 1.18. The molecular formula is C9H10F3N3O2. The van der Waals surface area contributed by atoms with Crippen LogP contribution in [0, 0.1) is 0 Å². The van der Waals surface area contributed by atoms with Gasteiger partial charge in [-0.3, -0.25) is 0 Å². The second kappa shape index (κ2) is 4.91. The van der Waals surface area contributed by atoms with Crippen LogP contribution in [0.25, 0.3) is 0 Å². The maximum atomic E-state index is 12.1. The third-order valence-corrected chi connectivity index (χ3v) is 1.91. The summed E-state index contributed by atoms with van der Waals surface area (Å²) in [6, 6.07) is 4.02. The Balaban J connectivity index is 3.08. The number of ether oxygens (including phenoxy) is 1. The molecule has 8 heteroatoms. The predicted molar refractivity (Wildman–Crippen MR) is 53.5 cm³/mol. The molecule has 0 aliphatic heterocycles. The van der Waals surface area contributed by atoms with Gasteiger partial charge in [0.1, 0.15) is 5.75 Å². The molecule has 0 aliphatic rings. The first-order valence-electron chi connectivity index (χ1n) is 4.43. The van der Waals surface area contributed by atoms with Crippen LogP contribution in [0.4, 0.5) is 13.2 Å². The van der Waals surface area contributed by atoms with Crippen LogP contribution in [0.2, 0.25) is 0 Å². The maximum absolute atomic E-state index is 12.1. The first kappa shape index (κ1) is 13.1. The van der Waals surface area contributed by atoms with E-state index in [-0.39, 0.29) is 5.56 Å². The van der Waals surface area contributed by atoms with Crippen LogP contribution in [0.3, 0.4) is 0 Å². The van der Waals surface area contributed by atoms with Crippen LogP contribution in [-0.4, -0.2) is 17.4 Å². The van der Waals surface area contributed by atoms with E-state index < -0.39 is 24.0 Å². The van der Waals surface area contributed by atoms with E-state index in [1.165, 1.54) is 18.2 Å². The van der Waals surface area contributed by atoms with Gasteiger partial charge in [0.15, 0.2) is 5.84 Å².